The Kier molecular flexibility index (Phi) is 5.68. The Hall–Kier alpha value is -1.95. The predicted octanol–water partition coefficient (Wildman–Crippen LogP) is 2.84. The molecular formula is C19H21ClN3OS+. The molecule has 0 fully saturated rings. The van der Waals surface area contributed by atoms with Crippen molar-refractivity contribution >= 4 is 39.1 Å². The van der Waals surface area contributed by atoms with E-state index in [0.717, 1.165) is 21.0 Å². The maximum atomic E-state index is 12.2. The number of thiazole rings is 1. The molecule has 1 unspecified atom stereocenters. The molecular weight excluding hydrogens is 354 g/mol. The van der Waals surface area contributed by atoms with Crippen LogP contribution < -0.4 is 10.2 Å². The average Bonchev–Trinajstić information content (AvgIpc) is 3.03. The molecule has 0 radical (unpaired) electrons. The van der Waals surface area contributed by atoms with E-state index in [4.69, 9.17) is 16.6 Å². The lowest BCUT2D eigenvalue weighted by molar-refractivity contribution is -0.902. The van der Waals surface area contributed by atoms with Gasteiger partial charge in [0.2, 0.25) is 0 Å². The third kappa shape index (κ3) is 4.57. The molecule has 0 spiro atoms. The number of para-hydroxylation sites is 1. The Morgan fingerprint density at radius 2 is 2.08 bits per heavy atom. The predicted molar refractivity (Wildman–Crippen MR) is 103 cm³/mol. The van der Waals surface area contributed by atoms with Gasteiger partial charge in [0.05, 0.1) is 17.3 Å². The number of carbonyl (C=O) groups excluding carboxylic acids is 1. The fourth-order valence-electron chi connectivity index (χ4n) is 2.60. The number of aromatic nitrogens is 1. The molecule has 0 aliphatic carbocycles. The fraction of sp³-hybridized carbons (Fsp3) is 0.263. The number of hydrogen-bond donors (Lipinski definition) is 2. The quantitative estimate of drug-likeness (QED) is 0.697. The van der Waals surface area contributed by atoms with Gasteiger partial charge in [0.25, 0.3) is 5.91 Å². The summed E-state index contributed by atoms with van der Waals surface area (Å²) < 4.78 is 1.18. The zero-order valence-corrected chi connectivity index (χ0v) is 15.8. The first-order valence-electron chi connectivity index (χ1n) is 8.22. The van der Waals surface area contributed by atoms with Crippen molar-refractivity contribution in [1.82, 2.24) is 10.3 Å². The Balaban J connectivity index is 1.57. The summed E-state index contributed by atoms with van der Waals surface area (Å²) >= 11 is 7.66. The molecule has 2 atom stereocenters. The number of rotatable bonds is 6. The van der Waals surface area contributed by atoms with E-state index in [-0.39, 0.29) is 11.9 Å². The molecule has 25 heavy (non-hydrogen) atoms. The second-order valence-electron chi connectivity index (χ2n) is 6.17. The first-order valence-corrected chi connectivity index (χ1v) is 9.41. The number of amides is 1. The van der Waals surface area contributed by atoms with E-state index in [2.05, 4.69) is 18.3 Å². The largest absolute Gasteiger partial charge is 0.347 e. The monoisotopic (exact) mass is 374 g/mol. The van der Waals surface area contributed by atoms with Gasteiger partial charge in [-0.05, 0) is 36.8 Å². The van der Waals surface area contributed by atoms with Crippen LogP contribution in [0, 0.1) is 0 Å². The van der Waals surface area contributed by atoms with Crippen LogP contribution >= 0.6 is 22.9 Å². The number of nitrogens with zero attached hydrogens (tertiary/aromatic N) is 1. The first-order chi connectivity index (χ1) is 12.0. The maximum Gasteiger partial charge on any atom is 0.275 e. The number of halogens is 1. The van der Waals surface area contributed by atoms with Crippen LogP contribution in [-0.4, -0.2) is 24.5 Å². The van der Waals surface area contributed by atoms with E-state index in [1.807, 2.05) is 49.5 Å². The van der Waals surface area contributed by atoms with Crippen molar-refractivity contribution in [1.29, 1.82) is 0 Å². The summed E-state index contributed by atoms with van der Waals surface area (Å²) in [7, 11) is 2.02. The maximum absolute atomic E-state index is 12.2. The highest BCUT2D eigenvalue weighted by Crippen LogP contribution is 2.24. The lowest BCUT2D eigenvalue weighted by Gasteiger charge is -2.19. The second-order valence-corrected chi connectivity index (χ2v) is 7.67. The minimum absolute atomic E-state index is 0.0189. The van der Waals surface area contributed by atoms with Gasteiger partial charge in [-0.2, -0.15) is 0 Å². The molecule has 2 aromatic carbocycles. The summed E-state index contributed by atoms with van der Waals surface area (Å²) in [4.78, 5) is 18.0. The van der Waals surface area contributed by atoms with Crippen LogP contribution in [0.25, 0.3) is 10.2 Å². The van der Waals surface area contributed by atoms with E-state index in [1.165, 1.54) is 4.70 Å². The molecule has 0 saturated heterocycles. The van der Waals surface area contributed by atoms with Gasteiger partial charge in [0, 0.05) is 11.6 Å². The summed E-state index contributed by atoms with van der Waals surface area (Å²) in [5, 5.41) is 4.69. The van der Waals surface area contributed by atoms with Crippen molar-refractivity contribution in [2.45, 2.75) is 19.5 Å². The number of nitrogens with one attached hydrogen (secondary N) is 2. The Bertz CT molecular complexity index is 847. The highest BCUT2D eigenvalue weighted by atomic mass is 35.5. The second kappa shape index (κ2) is 7.95. The van der Waals surface area contributed by atoms with Crippen molar-refractivity contribution in [3.05, 3.63) is 64.1 Å². The molecule has 1 amide bonds. The molecule has 3 rings (SSSR count). The van der Waals surface area contributed by atoms with Gasteiger partial charge < -0.3 is 10.2 Å². The number of benzene rings is 2. The molecule has 130 valence electrons. The lowest BCUT2D eigenvalue weighted by Crippen LogP contribution is -3.10. The molecule has 6 heteroatoms. The fourth-order valence-corrected chi connectivity index (χ4v) is 3.93. The van der Waals surface area contributed by atoms with Crippen molar-refractivity contribution in [2.75, 3.05) is 13.6 Å². The van der Waals surface area contributed by atoms with Crippen LogP contribution in [-0.2, 0) is 11.3 Å². The standard InChI is InChI=1S/C19H20ClN3OS/c1-13(19-22-16-8-3-4-9-17(16)25-19)23(2)12-18(24)21-11-14-6-5-7-15(20)10-14/h3-10,13H,11-12H2,1-2H3,(H,21,24)/p+1/t13-/m0/s1. The van der Waals surface area contributed by atoms with Gasteiger partial charge >= 0.3 is 0 Å². The summed E-state index contributed by atoms with van der Waals surface area (Å²) in [6.45, 7) is 3.00. The van der Waals surface area contributed by atoms with E-state index in [1.54, 1.807) is 11.3 Å². The van der Waals surface area contributed by atoms with Crippen LogP contribution in [0.5, 0.6) is 0 Å². The number of likely N-dealkylation sites (N-methyl/N-ethyl adjacent to an activating group) is 1. The highest BCUT2D eigenvalue weighted by Gasteiger charge is 2.21. The Morgan fingerprint density at radius 1 is 1.28 bits per heavy atom. The normalized spacial score (nSPS) is 13.6. The minimum atomic E-state index is 0.0189. The van der Waals surface area contributed by atoms with Gasteiger partial charge in [0.15, 0.2) is 11.6 Å². The smallest absolute Gasteiger partial charge is 0.275 e. The van der Waals surface area contributed by atoms with Crippen LogP contribution in [0.15, 0.2) is 48.5 Å². The molecule has 2 N–H and O–H groups in total. The highest BCUT2D eigenvalue weighted by molar-refractivity contribution is 7.18. The molecule has 1 aromatic heterocycles. The van der Waals surface area contributed by atoms with Gasteiger partial charge in [0.1, 0.15) is 6.04 Å². The average molecular weight is 375 g/mol. The lowest BCUT2D eigenvalue weighted by atomic mass is 10.2. The number of fused-ring (bicyclic) bond motifs is 1. The van der Waals surface area contributed by atoms with E-state index in [0.29, 0.717) is 18.1 Å². The van der Waals surface area contributed by atoms with E-state index in [9.17, 15) is 4.79 Å². The molecule has 0 aliphatic rings. The van der Waals surface area contributed by atoms with Crippen LogP contribution in [0.2, 0.25) is 5.02 Å². The SMILES string of the molecule is C[C@@H](c1nc2ccccc2s1)[NH+](C)CC(=O)NCc1cccc(Cl)c1. The van der Waals surface area contributed by atoms with E-state index < -0.39 is 0 Å². The summed E-state index contributed by atoms with van der Waals surface area (Å²) in [6.07, 6.45) is 0. The molecule has 1 heterocycles. The van der Waals surface area contributed by atoms with Gasteiger partial charge in [-0.1, -0.05) is 35.9 Å². The van der Waals surface area contributed by atoms with Crippen molar-refractivity contribution in [2.24, 2.45) is 0 Å². The van der Waals surface area contributed by atoms with Crippen molar-refractivity contribution < 1.29 is 9.69 Å². The van der Waals surface area contributed by atoms with Crippen LogP contribution in [0.1, 0.15) is 23.5 Å². The molecule has 4 nitrogen and oxygen atoms in total. The van der Waals surface area contributed by atoms with E-state index >= 15 is 0 Å². The third-order valence-electron chi connectivity index (χ3n) is 4.24. The summed E-state index contributed by atoms with van der Waals surface area (Å²) in [6, 6.07) is 15.8. The summed E-state index contributed by atoms with van der Waals surface area (Å²) in [5.74, 6) is 0.0189. The number of hydrogen-bond acceptors (Lipinski definition) is 3. The van der Waals surface area contributed by atoms with Crippen LogP contribution in [0.3, 0.4) is 0 Å². The zero-order chi connectivity index (χ0) is 17.8. The van der Waals surface area contributed by atoms with Gasteiger partial charge in [-0.3, -0.25) is 4.79 Å². The Labute approximate surface area is 156 Å². The molecule has 0 saturated carbocycles. The number of carbonyl (C=O) groups is 1. The zero-order valence-electron chi connectivity index (χ0n) is 14.3. The minimum Gasteiger partial charge on any atom is -0.347 e. The van der Waals surface area contributed by atoms with Gasteiger partial charge in [-0.15, -0.1) is 11.3 Å². The molecule has 0 bridgehead atoms. The summed E-state index contributed by atoms with van der Waals surface area (Å²) in [5.41, 5.74) is 2.02. The third-order valence-corrected chi connectivity index (χ3v) is 5.69. The number of quaternary nitrogens is 1. The molecule has 3 aromatic rings. The van der Waals surface area contributed by atoms with Crippen molar-refractivity contribution in [3.8, 4) is 0 Å². The Morgan fingerprint density at radius 3 is 2.84 bits per heavy atom. The molecule has 0 aliphatic heterocycles. The first kappa shape index (κ1) is 17.9. The van der Waals surface area contributed by atoms with Gasteiger partial charge in [-0.25, -0.2) is 4.98 Å². The topological polar surface area (TPSA) is 46.4 Å². The van der Waals surface area contributed by atoms with Crippen LogP contribution in [0.4, 0.5) is 0 Å². The van der Waals surface area contributed by atoms with Crippen molar-refractivity contribution in [3.63, 3.8) is 0 Å².